The summed E-state index contributed by atoms with van der Waals surface area (Å²) in [7, 11) is 1.57. The number of benzene rings is 1. The summed E-state index contributed by atoms with van der Waals surface area (Å²) in [6.07, 6.45) is 5.81. The molecule has 0 unspecified atom stereocenters. The zero-order valence-corrected chi connectivity index (χ0v) is 18.2. The summed E-state index contributed by atoms with van der Waals surface area (Å²) in [5, 5.41) is 0. The molecule has 170 valence electrons. The van der Waals surface area contributed by atoms with Gasteiger partial charge in [-0.25, -0.2) is 0 Å². The minimum atomic E-state index is -4.38. The van der Waals surface area contributed by atoms with E-state index < -0.39 is 11.7 Å². The lowest BCUT2D eigenvalue weighted by Crippen LogP contribution is -2.42. The van der Waals surface area contributed by atoms with Gasteiger partial charge in [0, 0.05) is 49.5 Å². The van der Waals surface area contributed by atoms with Gasteiger partial charge >= 0.3 is 6.18 Å². The quantitative estimate of drug-likeness (QED) is 0.398. The number of nitrogens with zero attached hydrogens (tertiary/aromatic N) is 4. The van der Waals surface area contributed by atoms with Gasteiger partial charge in [-0.15, -0.1) is 0 Å². The molecule has 0 amide bonds. The monoisotopic (exact) mass is 444 g/mol. The number of anilines is 2. The summed E-state index contributed by atoms with van der Waals surface area (Å²) in [5.74, 6) is 0.617. The molecule has 1 saturated heterocycles. The Morgan fingerprint density at radius 1 is 1.22 bits per heavy atom. The minimum absolute atomic E-state index is 0.0572. The van der Waals surface area contributed by atoms with E-state index in [4.69, 9.17) is 4.74 Å². The lowest BCUT2D eigenvalue weighted by molar-refractivity contribution is -0.137. The molecule has 2 aromatic rings. The lowest BCUT2D eigenvalue weighted by Gasteiger charge is -2.41. The average molecular weight is 445 g/mol. The largest absolute Gasteiger partial charge is 0.494 e. The van der Waals surface area contributed by atoms with Gasteiger partial charge in [-0.05, 0) is 50.1 Å². The number of halogens is 3. The third kappa shape index (κ3) is 5.30. The SMILES string of the molecule is C=C/C(=C\N=CC)N1CCC(N(c2ccc(C(F)(F)F)cc2)c2cnccc2OC)CC1. The molecule has 3 rings (SSSR count). The van der Waals surface area contributed by atoms with Gasteiger partial charge in [-0.1, -0.05) is 6.58 Å². The van der Waals surface area contributed by atoms with Crippen molar-refractivity contribution in [1.29, 1.82) is 0 Å². The first kappa shape index (κ1) is 23.4. The number of rotatable bonds is 7. The average Bonchev–Trinajstić information content (AvgIpc) is 2.81. The summed E-state index contributed by atoms with van der Waals surface area (Å²) in [6.45, 7) is 7.26. The van der Waals surface area contributed by atoms with Crippen LogP contribution in [0.5, 0.6) is 5.75 Å². The highest BCUT2D eigenvalue weighted by Crippen LogP contribution is 2.39. The van der Waals surface area contributed by atoms with Crippen molar-refractivity contribution in [3.8, 4) is 5.75 Å². The molecule has 1 aliphatic heterocycles. The smallest absolute Gasteiger partial charge is 0.416 e. The van der Waals surface area contributed by atoms with Crippen LogP contribution in [0, 0.1) is 0 Å². The van der Waals surface area contributed by atoms with E-state index in [1.54, 1.807) is 44.1 Å². The summed E-state index contributed by atoms with van der Waals surface area (Å²) in [5.41, 5.74) is 1.66. The Bertz CT molecular complexity index is 962. The number of ether oxygens (including phenoxy) is 1. The first-order valence-corrected chi connectivity index (χ1v) is 10.4. The second-order valence-corrected chi connectivity index (χ2v) is 7.35. The van der Waals surface area contributed by atoms with Gasteiger partial charge in [0.15, 0.2) is 0 Å². The maximum absolute atomic E-state index is 13.1. The van der Waals surface area contributed by atoms with Gasteiger partial charge in [-0.3, -0.25) is 9.98 Å². The summed E-state index contributed by atoms with van der Waals surface area (Å²) in [4.78, 5) is 12.7. The number of alkyl halides is 3. The Kier molecular flexibility index (Phi) is 7.56. The number of piperidine rings is 1. The molecule has 8 heteroatoms. The number of hydrogen-bond acceptors (Lipinski definition) is 5. The number of allylic oxidation sites excluding steroid dienone is 1. The van der Waals surface area contributed by atoms with Crippen LogP contribution in [-0.2, 0) is 6.18 Å². The Morgan fingerprint density at radius 3 is 2.47 bits per heavy atom. The van der Waals surface area contributed by atoms with Crippen LogP contribution < -0.4 is 9.64 Å². The van der Waals surface area contributed by atoms with E-state index in [0.29, 0.717) is 11.4 Å². The van der Waals surface area contributed by atoms with Crippen LogP contribution in [0.2, 0.25) is 0 Å². The predicted octanol–water partition coefficient (Wildman–Crippen LogP) is 5.83. The van der Waals surface area contributed by atoms with Crippen molar-refractivity contribution in [1.82, 2.24) is 9.88 Å². The maximum Gasteiger partial charge on any atom is 0.416 e. The predicted molar refractivity (Wildman–Crippen MR) is 121 cm³/mol. The van der Waals surface area contributed by atoms with Crippen molar-refractivity contribution < 1.29 is 17.9 Å². The van der Waals surface area contributed by atoms with Crippen molar-refractivity contribution in [2.24, 2.45) is 4.99 Å². The zero-order valence-electron chi connectivity index (χ0n) is 18.2. The molecule has 0 aliphatic carbocycles. The number of methoxy groups -OCH3 is 1. The van der Waals surface area contributed by atoms with Gasteiger partial charge < -0.3 is 14.5 Å². The fourth-order valence-electron chi connectivity index (χ4n) is 3.88. The van der Waals surface area contributed by atoms with Crippen molar-refractivity contribution >= 4 is 17.6 Å². The molecule has 1 aliphatic rings. The number of hydrogen-bond donors (Lipinski definition) is 0. The molecule has 1 aromatic carbocycles. The van der Waals surface area contributed by atoms with Crippen LogP contribution in [0.25, 0.3) is 0 Å². The van der Waals surface area contributed by atoms with Gasteiger partial charge in [0.25, 0.3) is 0 Å². The van der Waals surface area contributed by atoms with E-state index >= 15 is 0 Å². The molecule has 1 fully saturated rings. The molecule has 32 heavy (non-hydrogen) atoms. The Hall–Kier alpha value is -3.29. The number of pyridine rings is 1. The third-order valence-corrected chi connectivity index (χ3v) is 5.47. The maximum atomic E-state index is 13.1. The molecule has 0 bridgehead atoms. The Labute approximate surface area is 186 Å². The molecule has 0 radical (unpaired) electrons. The number of aliphatic imine (C=N–C) groups is 1. The summed E-state index contributed by atoms with van der Waals surface area (Å²) >= 11 is 0. The molecule has 5 nitrogen and oxygen atoms in total. The molecule has 2 heterocycles. The Balaban J connectivity index is 1.92. The van der Waals surface area contributed by atoms with E-state index in [1.165, 1.54) is 12.1 Å². The van der Waals surface area contributed by atoms with Crippen LogP contribution in [0.1, 0.15) is 25.3 Å². The van der Waals surface area contributed by atoms with Crippen molar-refractivity contribution in [3.63, 3.8) is 0 Å². The fourth-order valence-corrected chi connectivity index (χ4v) is 3.88. The van der Waals surface area contributed by atoms with Crippen LogP contribution in [0.4, 0.5) is 24.5 Å². The van der Waals surface area contributed by atoms with Crippen LogP contribution in [0.3, 0.4) is 0 Å². The van der Waals surface area contributed by atoms with E-state index in [2.05, 4.69) is 21.5 Å². The molecular formula is C24H27F3N4O. The van der Waals surface area contributed by atoms with Gasteiger partial charge in [0.2, 0.25) is 0 Å². The van der Waals surface area contributed by atoms with Crippen LogP contribution in [-0.4, -0.2) is 42.3 Å². The highest BCUT2D eigenvalue weighted by atomic mass is 19.4. The topological polar surface area (TPSA) is 41.0 Å². The van der Waals surface area contributed by atoms with Crippen molar-refractivity contribution in [3.05, 3.63) is 72.8 Å². The van der Waals surface area contributed by atoms with Gasteiger partial charge in [-0.2, -0.15) is 13.2 Å². The van der Waals surface area contributed by atoms with E-state index in [1.807, 2.05) is 11.8 Å². The highest BCUT2D eigenvalue weighted by molar-refractivity contribution is 5.69. The van der Waals surface area contributed by atoms with E-state index in [0.717, 1.165) is 49.4 Å². The standard InChI is InChI=1S/C24H27F3N4O/c1-4-19(16-28-5-2)30-14-11-21(12-15-30)31(22-17-29-13-10-23(22)32-3)20-8-6-18(7-9-20)24(25,26)27/h4-10,13,16-17,21H,1,11-12,14-15H2,2-3H3/b19-16+,28-5?. The van der Waals surface area contributed by atoms with Crippen LogP contribution >= 0.6 is 0 Å². The Morgan fingerprint density at radius 2 is 1.91 bits per heavy atom. The zero-order chi connectivity index (χ0) is 23.1. The van der Waals surface area contributed by atoms with Gasteiger partial charge in [0.05, 0.1) is 24.6 Å². The molecule has 0 saturated carbocycles. The molecule has 1 aromatic heterocycles. The van der Waals surface area contributed by atoms with Crippen LogP contribution in [0.15, 0.2) is 72.3 Å². The summed E-state index contributed by atoms with van der Waals surface area (Å²) in [6, 6.07) is 7.05. The number of likely N-dealkylation sites (tertiary alicyclic amines) is 1. The fraction of sp³-hybridized carbons (Fsp3) is 0.333. The summed E-state index contributed by atoms with van der Waals surface area (Å²) < 4.78 is 44.8. The second kappa shape index (κ2) is 10.3. The molecule has 0 atom stereocenters. The van der Waals surface area contributed by atoms with E-state index in [-0.39, 0.29) is 6.04 Å². The first-order chi connectivity index (χ1) is 15.4. The normalized spacial score (nSPS) is 15.8. The van der Waals surface area contributed by atoms with Gasteiger partial charge in [0.1, 0.15) is 11.4 Å². The van der Waals surface area contributed by atoms with E-state index in [9.17, 15) is 13.2 Å². The second-order valence-electron chi connectivity index (χ2n) is 7.35. The molecule has 0 spiro atoms. The highest BCUT2D eigenvalue weighted by Gasteiger charge is 2.32. The lowest BCUT2D eigenvalue weighted by atomic mass is 10.0. The third-order valence-electron chi connectivity index (χ3n) is 5.47. The molecule has 0 N–H and O–H groups in total. The van der Waals surface area contributed by atoms with Crippen molar-refractivity contribution in [2.75, 3.05) is 25.1 Å². The van der Waals surface area contributed by atoms with Crippen molar-refractivity contribution in [2.45, 2.75) is 32.0 Å². The minimum Gasteiger partial charge on any atom is -0.494 e. The number of aromatic nitrogens is 1. The molecular weight excluding hydrogens is 417 g/mol. The first-order valence-electron chi connectivity index (χ1n) is 10.4.